The third-order valence-electron chi connectivity index (χ3n) is 2.53. The average molecular weight is 292 g/mol. The van der Waals surface area contributed by atoms with E-state index < -0.39 is 30.9 Å². The summed E-state index contributed by atoms with van der Waals surface area (Å²) in [4.78, 5) is 34.3. The Hall–Kier alpha value is -2.83. The van der Waals surface area contributed by atoms with E-state index >= 15 is 0 Å². The van der Waals surface area contributed by atoms with Gasteiger partial charge in [0, 0.05) is 11.6 Å². The molecule has 0 fully saturated rings. The first-order valence-electron chi connectivity index (χ1n) is 6.04. The second-order valence-corrected chi connectivity index (χ2v) is 4.13. The van der Waals surface area contributed by atoms with Crippen LogP contribution < -0.4 is 10.5 Å². The molecule has 0 saturated heterocycles. The molecule has 0 aliphatic heterocycles. The van der Waals surface area contributed by atoms with Gasteiger partial charge in [0.15, 0.2) is 0 Å². The highest BCUT2D eigenvalue weighted by atomic mass is 16.5. The Morgan fingerprint density at radius 1 is 1.29 bits per heavy atom. The predicted molar refractivity (Wildman–Crippen MR) is 75.4 cm³/mol. The first kappa shape index (κ1) is 16.2. The summed E-state index contributed by atoms with van der Waals surface area (Å²) in [6.07, 6.45) is 2.65. The number of amides is 2. The topological polar surface area (TPSA) is 110 Å². The van der Waals surface area contributed by atoms with Crippen LogP contribution >= 0.6 is 0 Å². The molecule has 0 bridgehead atoms. The lowest BCUT2D eigenvalue weighted by molar-refractivity contribution is -0.143. The second-order valence-electron chi connectivity index (χ2n) is 4.13. The number of carboxylic acids is 1. The standard InChI is InChI=1S/C14H16N2O5/c1-21-11-5-3-2-4-10(11)6-7-13(18)16(8-12(15)17)9-14(19)20/h2-7H,8-9H2,1H3,(H2,15,17)(H,19,20)/b7-6+. The van der Waals surface area contributed by atoms with Gasteiger partial charge in [-0.25, -0.2) is 0 Å². The van der Waals surface area contributed by atoms with Crippen LogP contribution in [0.4, 0.5) is 0 Å². The van der Waals surface area contributed by atoms with Crippen LogP contribution in [-0.2, 0) is 14.4 Å². The third kappa shape index (κ3) is 5.35. The molecule has 0 saturated carbocycles. The molecule has 0 radical (unpaired) electrons. The number of para-hydroxylation sites is 1. The smallest absolute Gasteiger partial charge is 0.323 e. The van der Waals surface area contributed by atoms with Crippen molar-refractivity contribution in [3.63, 3.8) is 0 Å². The summed E-state index contributed by atoms with van der Waals surface area (Å²) in [5.41, 5.74) is 5.65. The van der Waals surface area contributed by atoms with Crippen molar-refractivity contribution in [2.45, 2.75) is 0 Å². The van der Waals surface area contributed by atoms with Crippen LogP contribution in [0.1, 0.15) is 5.56 Å². The van der Waals surface area contributed by atoms with Gasteiger partial charge in [-0.15, -0.1) is 0 Å². The summed E-state index contributed by atoms with van der Waals surface area (Å²) >= 11 is 0. The van der Waals surface area contributed by atoms with Gasteiger partial charge in [-0.05, 0) is 12.1 Å². The SMILES string of the molecule is COc1ccccc1/C=C/C(=O)N(CC(N)=O)CC(=O)O. The monoisotopic (exact) mass is 292 g/mol. The number of aliphatic carboxylic acids is 1. The number of primary amides is 1. The molecule has 0 atom stereocenters. The van der Waals surface area contributed by atoms with Crippen LogP contribution in [0, 0.1) is 0 Å². The van der Waals surface area contributed by atoms with E-state index in [2.05, 4.69) is 0 Å². The fourth-order valence-corrected chi connectivity index (χ4v) is 1.63. The van der Waals surface area contributed by atoms with Gasteiger partial charge < -0.3 is 20.5 Å². The van der Waals surface area contributed by atoms with Gasteiger partial charge in [-0.1, -0.05) is 18.2 Å². The van der Waals surface area contributed by atoms with Gasteiger partial charge in [0.1, 0.15) is 18.8 Å². The fourth-order valence-electron chi connectivity index (χ4n) is 1.63. The number of nitrogens with zero attached hydrogens (tertiary/aromatic N) is 1. The average Bonchev–Trinajstić information content (AvgIpc) is 2.43. The molecule has 2 amide bonds. The lowest BCUT2D eigenvalue weighted by Crippen LogP contribution is -2.40. The summed E-state index contributed by atoms with van der Waals surface area (Å²) in [5, 5.41) is 8.72. The van der Waals surface area contributed by atoms with Gasteiger partial charge in [-0.3, -0.25) is 14.4 Å². The molecule has 7 nitrogen and oxygen atoms in total. The Balaban J connectivity index is 2.86. The zero-order chi connectivity index (χ0) is 15.8. The van der Waals surface area contributed by atoms with Crippen molar-refractivity contribution >= 4 is 23.9 Å². The van der Waals surface area contributed by atoms with E-state index in [0.29, 0.717) is 11.3 Å². The summed E-state index contributed by atoms with van der Waals surface area (Å²) in [7, 11) is 1.50. The first-order valence-corrected chi connectivity index (χ1v) is 6.04. The van der Waals surface area contributed by atoms with Crippen molar-refractivity contribution in [1.82, 2.24) is 4.90 Å². The number of benzene rings is 1. The number of methoxy groups -OCH3 is 1. The molecule has 0 aliphatic carbocycles. The summed E-state index contributed by atoms with van der Waals surface area (Å²) in [6, 6.07) is 7.01. The molecule has 3 N–H and O–H groups in total. The van der Waals surface area contributed by atoms with Crippen molar-refractivity contribution in [1.29, 1.82) is 0 Å². The number of hydrogen-bond acceptors (Lipinski definition) is 4. The van der Waals surface area contributed by atoms with Crippen molar-refractivity contribution in [2.75, 3.05) is 20.2 Å². The number of hydrogen-bond donors (Lipinski definition) is 2. The molecule has 0 aliphatic rings. The van der Waals surface area contributed by atoms with Crippen molar-refractivity contribution in [2.24, 2.45) is 5.73 Å². The van der Waals surface area contributed by atoms with Gasteiger partial charge in [0.25, 0.3) is 0 Å². The van der Waals surface area contributed by atoms with E-state index in [1.807, 2.05) is 0 Å². The highest BCUT2D eigenvalue weighted by molar-refractivity contribution is 5.96. The van der Waals surface area contributed by atoms with Crippen molar-refractivity contribution in [3.05, 3.63) is 35.9 Å². The number of nitrogens with two attached hydrogens (primary N) is 1. The van der Waals surface area contributed by atoms with Crippen molar-refractivity contribution in [3.8, 4) is 5.75 Å². The zero-order valence-corrected chi connectivity index (χ0v) is 11.5. The normalized spacial score (nSPS) is 10.3. The molecule has 1 rings (SSSR count). The summed E-state index contributed by atoms with van der Waals surface area (Å²) in [5.74, 6) is -2.06. The van der Waals surface area contributed by atoms with Crippen molar-refractivity contribution < 1.29 is 24.2 Å². The quantitative estimate of drug-likeness (QED) is 0.693. The van der Waals surface area contributed by atoms with Gasteiger partial charge >= 0.3 is 5.97 Å². The van der Waals surface area contributed by atoms with E-state index in [1.165, 1.54) is 19.3 Å². The van der Waals surface area contributed by atoms with Crippen LogP contribution in [0.3, 0.4) is 0 Å². The van der Waals surface area contributed by atoms with E-state index in [4.69, 9.17) is 15.6 Å². The van der Waals surface area contributed by atoms with Crippen LogP contribution in [0.5, 0.6) is 5.75 Å². The Morgan fingerprint density at radius 2 is 1.95 bits per heavy atom. The van der Waals surface area contributed by atoms with Crippen LogP contribution in [0.15, 0.2) is 30.3 Å². The molecule has 21 heavy (non-hydrogen) atoms. The van der Waals surface area contributed by atoms with Crippen LogP contribution in [0.25, 0.3) is 6.08 Å². The molecule has 112 valence electrons. The molecule has 7 heteroatoms. The van der Waals surface area contributed by atoms with Crippen LogP contribution in [-0.4, -0.2) is 48.0 Å². The molecule has 0 heterocycles. The van der Waals surface area contributed by atoms with Gasteiger partial charge in [0.2, 0.25) is 11.8 Å². The maximum Gasteiger partial charge on any atom is 0.323 e. The van der Waals surface area contributed by atoms with Gasteiger partial charge in [0.05, 0.1) is 7.11 Å². The minimum absolute atomic E-state index is 0.457. The molecule has 0 unspecified atom stereocenters. The maximum absolute atomic E-state index is 11.9. The number of carbonyl (C=O) groups is 3. The van der Waals surface area contributed by atoms with E-state index in [1.54, 1.807) is 24.3 Å². The van der Waals surface area contributed by atoms with E-state index in [-0.39, 0.29) is 0 Å². The Labute approximate surface area is 121 Å². The Bertz CT molecular complexity index is 552. The van der Waals surface area contributed by atoms with Crippen LogP contribution in [0.2, 0.25) is 0 Å². The highest BCUT2D eigenvalue weighted by Gasteiger charge is 2.16. The first-order chi connectivity index (χ1) is 9.93. The molecule has 0 aromatic heterocycles. The van der Waals surface area contributed by atoms with E-state index in [0.717, 1.165) is 4.90 Å². The molecule has 1 aromatic rings. The Kier molecular flexibility index (Phi) is 5.94. The zero-order valence-electron chi connectivity index (χ0n) is 11.5. The second kappa shape index (κ2) is 7.68. The number of carbonyl (C=O) groups excluding carboxylic acids is 2. The molecular formula is C14H16N2O5. The lowest BCUT2D eigenvalue weighted by atomic mass is 10.2. The van der Waals surface area contributed by atoms with Gasteiger partial charge in [-0.2, -0.15) is 0 Å². The highest BCUT2D eigenvalue weighted by Crippen LogP contribution is 2.18. The summed E-state index contributed by atoms with van der Waals surface area (Å²) in [6.45, 7) is -1.06. The predicted octanol–water partition coefficient (Wildman–Crippen LogP) is 0.107. The molecular weight excluding hydrogens is 276 g/mol. The molecule has 1 aromatic carbocycles. The molecule has 0 spiro atoms. The third-order valence-corrected chi connectivity index (χ3v) is 2.53. The Morgan fingerprint density at radius 3 is 2.52 bits per heavy atom. The van der Waals surface area contributed by atoms with E-state index in [9.17, 15) is 14.4 Å². The lowest BCUT2D eigenvalue weighted by Gasteiger charge is -2.16. The maximum atomic E-state index is 11.9. The number of rotatable bonds is 7. The fraction of sp³-hybridized carbons (Fsp3) is 0.214. The number of ether oxygens (including phenoxy) is 1. The minimum atomic E-state index is -1.23. The summed E-state index contributed by atoms with van der Waals surface area (Å²) < 4.78 is 5.12. The largest absolute Gasteiger partial charge is 0.496 e. The number of carboxylic acid groups (broad SMARTS) is 1. The minimum Gasteiger partial charge on any atom is -0.496 e.